The molecule has 1 aromatic carbocycles. The van der Waals surface area contributed by atoms with E-state index in [1.54, 1.807) is 0 Å². The fourth-order valence-electron chi connectivity index (χ4n) is 2.89. The van der Waals surface area contributed by atoms with Crippen molar-refractivity contribution < 1.29 is 27.9 Å². The van der Waals surface area contributed by atoms with Crippen molar-refractivity contribution >= 4 is 27.9 Å². The number of hydrogen-bond acceptors (Lipinski definition) is 2. The zero-order valence-electron chi connectivity index (χ0n) is 13.0. The number of hydrogen-bond donors (Lipinski definition) is 1. The molecule has 1 saturated heterocycles. The van der Waals surface area contributed by atoms with Gasteiger partial charge in [0.05, 0.1) is 5.41 Å². The maximum atomic E-state index is 13.5. The van der Waals surface area contributed by atoms with Gasteiger partial charge in [0.25, 0.3) is 0 Å². The van der Waals surface area contributed by atoms with Crippen LogP contribution in [0.4, 0.5) is 18.0 Å². The lowest BCUT2D eigenvalue weighted by Gasteiger charge is -2.47. The highest BCUT2D eigenvalue weighted by Crippen LogP contribution is 2.41. The van der Waals surface area contributed by atoms with E-state index in [1.165, 1.54) is 31.2 Å². The summed E-state index contributed by atoms with van der Waals surface area (Å²) < 4.78 is 41.2. The van der Waals surface area contributed by atoms with Crippen molar-refractivity contribution in [1.29, 1.82) is 0 Å². The average Bonchev–Trinajstić information content (AvgIpc) is 2.43. The minimum absolute atomic E-state index is 0.0560. The number of likely N-dealkylation sites (tertiary alicyclic amines) is 1. The number of nitrogens with zero attached hydrogens (tertiary/aromatic N) is 2. The predicted molar refractivity (Wildman–Crippen MR) is 83.4 cm³/mol. The lowest BCUT2D eigenvalue weighted by molar-refractivity contribution is -0.195. The number of carbonyl (C=O) groups is 2. The van der Waals surface area contributed by atoms with Crippen LogP contribution in [0.15, 0.2) is 28.7 Å². The Bertz CT molecular complexity index is 642. The first kappa shape index (κ1) is 18.6. The second-order valence-electron chi connectivity index (χ2n) is 6.11. The lowest BCUT2D eigenvalue weighted by Crippen LogP contribution is -2.63. The molecular weight excluding hydrogens is 393 g/mol. The van der Waals surface area contributed by atoms with Crippen LogP contribution in [0.5, 0.6) is 0 Å². The second-order valence-corrected chi connectivity index (χ2v) is 7.03. The van der Waals surface area contributed by atoms with Crippen LogP contribution in [-0.4, -0.2) is 53.2 Å². The molecule has 1 atom stereocenters. The Hall–Kier alpha value is -1.77. The van der Waals surface area contributed by atoms with Gasteiger partial charge >= 0.3 is 12.3 Å². The summed E-state index contributed by atoms with van der Waals surface area (Å²) in [5.41, 5.74) is -1.20. The highest BCUT2D eigenvalue weighted by molar-refractivity contribution is 9.10. The molecular formula is C15H16BrF3N2O3. The molecule has 1 aliphatic rings. The van der Waals surface area contributed by atoms with Crippen LogP contribution in [-0.2, 0) is 4.79 Å². The Morgan fingerprint density at radius 1 is 1.29 bits per heavy atom. The fraction of sp³-hybridized carbons (Fsp3) is 0.467. The first-order valence-corrected chi connectivity index (χ1v) is 7.82. The van der Waals surface area contributed by atoms with Crippen molar-refractivity contribution in [3.05, 3.63) is 34.3 Å². The van der Waals surface area contributed by atoms with Gasteiger partial charge in [-0.1, -0.05) is 28.1 Å². The van der Waals surface area contributed by atoms with Crippen LogP contribution in [0, 0.1) is 5.41 Å². The van der Waals surface area contributed by atoms with Crippen LogP contribution in [0.1, 0.15) is 18.5 Å². The first-order chi connectivity index (χ1) is 11.0. The average molecular weight is 409 g/mol. The number of amides is 2. The topological polar surface area (TPSA) is 60.9 Å². The van der Waals surface area contributed by atoms with E-state index in [1.807, 2.05) is 0 Å². The molecule has 1 N–H and O–H groups in total. The Balaban J connectivity index is 2.26. The largest absolute Gasteiger partial charge is 0.465 e. The molecule has 1 aromatic rings. The maximum Gasteiger partial charge on any atom is 0.413 e. The number of alkyl halides is 3. The molecule has 0 bridgehead atoms. The van der Waals surface area contributed by atoms with Gasteiger partial charge in [0.2, 0.25) is 5.91 Å². The third kappa shape index (κ3) is 3.50. The van der Waals surface area contributed by atoms with Crippen LogP contribution in [0.3, 0.4) is 0 Å². The summed E-state index contributed by atoms with van der Waals surface area (Å²) in [6.45, 7) is 1.24. The summed E-state index contributed by atoms with van der Waals surface area (Å²) in [7, 11) is 1.09. The normalized spacial score (nSPS) is 17.8. The Morgan fingerprint density at radius 3 is 2.21 bits per heavy atom. The molecule has 2 rings (SSSR count). The van der Waals surface area contributed by atoms with Gasteiger partial charge < -0.3 is 14.9 Å². The molecule has 0 aromatic heterocycles. The molecule has 2 amide bonds. The predicted octanol–water partition coefficient (Wildman–Crippen LogP) is 3.51. The van der Waals surface area contributed by atoms with Crippen molar-refractivity contribution in [2.75, 3.05) is 20.1 Å². The van der Waals surface area contributed by atoms with Gasteiger partial charge in [0.1, 0.15) is 0 Å². The summed E-state index contributed by atoms with van der Waals surface area (Å²) in [6, 6.07) is 3.47. The van der Waals surface area contributed by atoms with Crippen molar-refractivity contribution in [2.24, 2.45) is 5.41 Å². The number of carbonyl (C=O) groups excluding carboxylic acids is 1. The molecule has 5 nitrogen and oxygen atoms in total. The summed E-state index contributed by atoms with van der Waals surface area (Å²) in [4.78, 5) is 25.0. The van der Waals surface area contributed by atoms with E-state index < -0.39 is 29.6 Å². The molecule has 0 saturated carbocycles. The second kappa shape index (κ2) is 6.27. The SMILES string of the molecule is CN(C(=O)C1(C)CN(C(=O)O)C1)[C@@H](c1ccc(Br)cc1)C(F)(F)F. The summed E-state index contributed by atoms with van der Waals surface area (Å²) in [5, 5.41) is 8.84. The molecule has 0 unspecified atom stereocenters. The van der Waals surface area contributed by atoms with Crippen molar-refractivity contribution in [3.63, 3.8) is 0 Å². The standard InChI is InChI=1S/C15H16BrF3N2O3/c1-14(7-21(8-14)13(23)24)12(22)20(2)11(15(17,18)19)9-3-5-10(16)6-4-9/h3-6,11H,7-8H2,1-2H3,(H,23,24)/t11-/m0/s1. The third-order valence-corrected chi connectivity index (χ3v) is 4.60. The monoisotopic (exact) mass is 408 g/mol. The molecule has 0 spiro atoms. The van der Waals surface area contributed by atoms with E-state index in [2.05, 4.69) is 15.9 Å². The van der Waals surface area contributed by atoms with Gasteiger partial charge in [0.15, 0.2) is 6.04 Å². The van der Waals surface area contributed by atoms with Crippen molar-refractivity contribution in [3.8, 4) is 0 Å². The van der Waals surface area contributed by atoms with Crippen molar-refractivity contribution in [2.45, 2.75) is 19.1 Å². The minimum atomic E-state index is -4.65. The molecule has 1 fully saturated rings. The van der Waals surface area contributed by atoms with Gasteiger partial charge in [-0.3, -0.25) is 4.79 Å². The van der Waals surface area contributed by atoms with Gasteiger partial charge in [0, 0.05) is 24.6 Å². The minimum Gasteiger partial charge on any atom is -0.465 e. The summed E-state index contributed by atoms with van der Waals surface area (Å²) >= 11 is 3.16. The van der Waals surface area contributed by atoms with E-state index in [9.17, 15) is 22.8 Å². The quantitative estimate of drug-likeness (QED) is 0.832. The van der Waals surface area contributed by atoms with Gasteiger partial charge in [-0.15, -0.1) is 0 Å². The van der Waals surface area contributed by atoms with Gasteiger partial charge in [-0.05, 0) is 24.6 Å². The Kier molecular flexibility index (Phi) is 4.85. The van der Waals surface area contributed by atoms with Crippen LogP contribution >= 0.6 is 15.9 Å². The molecule has 0 radical (unpaired) electrons. The maximum absolute atomic E-state index is 13.5. The summed E-state index contributed by atoms with van der Waals surface area (Å²) in [6.07, 6.45) is -5.84. The van der Waals surface area contributed by atoms with E-state index in [-0.39, 0.29) is 18.7 Å². The number of carboxylic acid groups (broad SMARTS) is 1. The number of benzene rings is 1. The van der Waals surface area contributed by atoms with E-state index >= 15 is 0 Å². The zero-order chi connectivity index (χ0) is 18.3. The summed E-state index contributed by atoms with van der Waals surface area (Å²) in [5.74, 6) is -0.731. The van der Waals surface area contributed by atoms with Crippen molar-refractivity contribution in [1.82, 2.24) is 9.80 Å². The highest BCUT2D eigenvalue weighted by Gasteiger charge is 2.53. The first-order valence-electron chi connectivity index (χ1n) is 7.03. The van der Waals surface area contributed by atoms with E-state index in [0.29, 0.717) is 9.37 Å². The molecule has 1 aliphatic heterocycles. The smallest absolute Gasteiger partial charge is 0.413 e. The van der Waals surface area contributed by atoms with Crippen LogP contribution in [0.25, 0.3) is 0 Å². The van der Waals surface area contributed by atoms with Crippen LogP contribution < -0.4 is 0 Å². The molecule has 132 valence electrons. The third-order valence-electron chi connectivity index (χ3n) is 4.07. The Morgan fingerprint density at radius 2 is 1.79 bits per heavy atom. The molecule has 9 heteroatoms. The zero-order valence-corrected chi connectivity index (χ0v) is 14.6. The molecule has 0 aliphatic carbocycles. The fourth-order valence-corrected chi connectivity index (χ4v) is 3.15. The number of halogens is 4. The number of rotatable bonds is 3. The highest BCUT2D eigenvalue weighted by atomic mass is 79.9. The van der Waals surface area contributed by atoms with E-state index in [0.717, 1.165) is 11.9 Å². The van der Waals surface area contributed by atoms with Gasteiger partial charge in [-0.2, -0.15) is 13.2 Å². The molecule has 1 heterocycles. The molecule has 24 heavy (non-hydrogen) atoms. The van der Waals surface area contributed by atoms with Gasteiger partial charge in [-0.25, -0.2) is 4.79 Å². The Labute approximate surface area is 145 Å². The van der Waals surface area contributed by atoms with Crippen LogP contribution in [0.2, 0.25) is 0 Å². The lowest BCUT2D eigenvalue weighted by atomic mass is 9.80. The van der Waals surface area contributed by atoms with E-state index in [4.69, 9.17) is 5.11 Å².